The van der Waals surface area contributed by atoms with E-state index in [1.807, 2.05) is 20.8 Å². The number of hydrogen-bond donors (Lipinski definition) is 3. The monoisotopic (exact) mass is 300 g/mol. The van der Waals surface area contributed by atoms with Gasteiger partial charge < -0.3 is 10.1 Å². The van der Waals surface area contributed by atoms with Gasteiger partial charge in [0.2, 0.25) is 0 Å². The number of thiol groups is 1. The van der Waals surface area contributed by atoms with Gasteiger partial charge in [-0.3, -0.25) is 5.10 Å². The maximum absolute atomic E-state index is 11.9. The van der Waals surface area contributed by atoms with Gasteiger partial charge >= 0.3 is 6.09 Å². The highest BCUT2D eigenvalue weighted by molar-refractivity contribution is 7.80. The van der Waals surface area contributed by atoms with E-state index in [4.69, 9.17) is 4.74 Å². The van der Waals surface area contributed by atoms with Gasteiger partial charge in [-0.1, -0.05) is 13.8 Å². The van der Waals surface area contributed by atoms with E-state index in [2.05, 4.69) is 47.0 Å². The molecule has 1 unspecified atom stereocenters. The molecule has 1 amide bonds. The maximum atomic E-state index is 11.9. The first-order valence-corrected chi connectivity index (χ1v) is 7.23. The van der Waals surface area contributed by atoms with Crippen LogP contribution in [0.15, 0.2) is 6.33 Å². The molecule has 0 spiro atoms. The third-order valence-corrected chi connectivity index (χ3v) is 3.13. The van der Waals surface area contributed by atoms with Crippen LogP contribution in [0, 0.1) is 5.92 Å². The predicted molar refractivity (Wildman–Crippen MR) is 80.7 cm³/mol. The van der Waals surface area contributed by atoms with Crippen LogP contribution in [-0.2, 0) is 4.74 Å². The number of rotatable bonds is 5. The van der Waals surface area contributed by atoms with Crippen LogP contribution >= 0.6 is 12.6 Å². The molecule has 2 N–H and O–H groups in total. The highest BCUT2D eigenvalue weighted by Crippen LogP contribution is 2.25. The highest BCUT2D eigenvalue weighted by Gasteiger charge is 2.27. The molecule has 2 atom stereocenters. The Morgan fingerprint density at radius 3 is 2.60 bits per heavy atom. The van der Waals surface area contributed by atoms with Crippen molar-refractivity contribution < 1.29 is 9.53 Å². The second-order valence-corrected chi connectivity index (χ2v) is 6.75. The minimum absolute atomic E-state index is 0.180. The number of alkyl carbamates (subject to hydrolysis) is 1. The van der Waals surface area contributed by atoms with Gasteiger partial charge in [0.15, 0.2) is 0 Å². The molecule has 1 heterocycles. The molecule has 1 rings (SSSR count). The summed E-state index contributed by atoms with van der Waals surface area (Å²) in [6.45, 7) is 9.67. The lowest BCUT2D eigenvalue weighted by Gasteiger charge is -2.27. The summed E-state index contributed by atoms with van der Waals surface area (Å²) in [5, 5.41) is 9.21. The molecule has 0 aliphatic rings. The molecule has 0 aliphatic carbocycles. The Bertz CT molecular complexity index is 415. The number of aromatic amines is 1. The fourth-order valence-electron chi connectivity index (χ4n) is 1.78. The molecular formula is C13H24N4O2S. The Kier molecular flexibility index (Phi) is 5.86. The number of hydrogen-bond acceptors (Lipinski definition) is 5. The van der Waals surface area contributed by atoms with Gasteiger partial charge in [0.25, 0.3) is 0 Å². The standard InChI is InChI=1S/C13H24N4O2S/c1-8(2)6-9(10(20)11-14-7-15-17-11)16-12(18)19-13(3,4)5/h7-10,20H,6H2,1-5H3,(H,16,18)(H,14,15,17)/t9-,10?/m0/s1. The zero-order valence-electron chi connectivity index (χ0n) is 12.7. The van der Waals surface area contributed by atoms with Crippen molar-refractivity contribution >= 4 is 18.7 Å². The molecule has 7 heteroatoms. The van der Waals surface area contributed by atoms with Crippen LogP contribution in [-0.4, -0.2) is 32.9 Å². The summed E-state index contributed by atoms with van der Waals surface area (Å²) in [7, 11) is 0. The van der Waals surface area contributed by atoms with Crippen LogP contribution in [0.5, 0.6) is 0 Å². The number of H-pyrrole nitrogens is 1. The number of nitrogens with zero attached hydrogens (tertiary/aromatic N) is 2. The van der Waals surface area contributed by atoms with Crippen molar-refractivity contribution in [2.24, 2.45) is 5.92 Å². The summed E-state index contributed by atoms with van der Waals surface area (Å²) in [6.07, 6.45) is 1.76. The fraction of sp³-hybridized carbons (Fsp3) is 0.769. The van der Waals surface area contributed by atoms with Gasteiger partial charge in [-0.15, -0.1) is 0 Å². The molecule has 0 aliphatic heterocycles. The highest BCUT2D eigenvalue weighted by atomic mass is 32.1. The summed E-state index contributed by atoms with van der Waals surface area (Å²) in [5.41, 5.74) is -0.523. The number of ether oxygens (including phenoxy) is 1. The lowest BCUT2D eigenvalue weighted by Crippen LogP contribution is -2.42. The van der Waals surface area contributed by atoms with E-state index >= 15 is 0 Å². The van der Waals surface area contributed by atoms with Gasteiger partial charge in [0.05, 0.1) is 11.3 Å². The van der Waals surface area contributed by atoms with Crippen LogP contribution in [0.2, 0.25) is 0 Å². The Morgan fingerprint density at radius 2 is 2.15 bits per heavy atom. The molecule has 20 heavy (non-hydrogen) atoms. The molecule has 6 nitrogen and oxygen atoms in total. The number of nitrogens with one attached hydrogen (secondary N) is 2. The molecule has 1 aromatic rings. The van der Waals surface area contributed by atoms with Gasteiger partial charge in [0.1, 0.15) is 17.8 Å². The van der Waals surface area contributed by atoms with Crippen LogP contribution in [0.4, 0.5) is 4.79 Å². The quantitative estimate of drug-likeness (QED) is 0.730. The van der Waals surface area contributed by atoms with Crippen molar-refractivity contribution in [1.82, 2.24) is 20.5 Å². The van der Waals surface area contributed by atoms with Crippen LogP contribution < -0.4 is 5.32 Å². The van der Waals surface area contributed by atoms with Crippen LogP contribution in [0.1, 0.15) is 52.1 Å². The Hall–Kier alpha value is -1.24. The Morgan fingerprint density at radius 1 is 1.50 bits per heavy atom. The largest absolute Gasteiger partial charge is 0.444 e. The van der Waals surface area contributed by atoms with E-state index in [1.165, 1.54) is 6.33 Å². The van der Waals surface area contributed by atoms with E-state index in [0.717, 1.165) is 6.42 Å². The van der Waals surface area contributed by atoms with E-state index in [-0.39, 0.29) is 11.3 Å². The van der Waals surface area contributed by atoms with Gasteiger partial charge in [-0.2, -0.15) is 17.7 Å². The normalized spacial score (nSPS) is 14.9. The third-order valence-electron chi connectivity index (χ3n) is 2.52. The van der Waals surface area contributed by atoms with Crippen molar-refractivity contribution in [3.8, 4) is 0 Å². The lowest BCUT2D eigenvalue weighted by atomic mass is 10.0. The van der Waals surface area contributed by atoms with Crippen LogP contribution in [0.25, 0.3) is 0 Å². The first-order valence-electron chi connectivity index (χ1n) is 6.72. The van der Waals surface area contributed by atoms with E-state index in [1.54, 1.807) is 0 Å². The Balaban J connectivity index is 2.72. The third kappa shape index (κ3) is 5.81. The first-order chi connectivity index (χ1) is 9.19. The zero-order chi connectivity index (χ0) is 15.3. The fourth-order valence-corrected chi connectivity index (χ4v) is 2.10. The SMILES string of the molecule is CC(C)C[C@H](NC(=O)OC(C)(C)C)C(S)c1ncn[nH]1. The van der Waals surface area contributed by atoms with Crippen molar-refractivity contribution in [3.05, 3.63) is 12.2 Å². The van der Waals surface area contributed by atoms with Crippen molar-refractivity contribution in [3.63, 3.8) is 0 Å². The topological polar surface area (TPSA) is 79.9 Å². The van der Waals surface area contributed by atoms with Crippen LogP contribution in [0.3, 0.4) is 0 Å². The summed E-state index contributed by atoms with van der Waals surface area (Å²) in [5.74, 6) is 1.04. The average molecular weight is 300 g/mol. The van der Waals surface area contributed by atoms with Crippen molar-refractivity contribution in [1.29, 1.82) is 0 Å². The van der Waals surface area contributed by atoms with Gasteiger partial charge in [-0.05, 0) is 33.1 Å². The molecule has 114 valence electrons. The minimum atomic E-state index is -0.523. The number of carbonyl (C=O) groups is 1. The maximum Gasteiger partial charge on any atom is 0.407 e. The van der Waals surface area contributed by atoms with Gasteiger partial charge in [-0.25, -0.2) is 9.78 Å². The summed E-state index contributed by atoms with van der Waals surface area (Å²) in [6, 6.07) is -0.180. The number of amides is 1. The van der Waals surface area contributed by atoms with E-state index in [9.17, 15) is 4.79 Å². The molecule has 0 bridgehead atoms. The minimum Gasteiger partial charge on any atom is -0.444 e. The molecule has 0 radical (unpaired) electrons. The van der Waals surface area contributed by atoms with Crippen molar-refractivity contribution in [2.75, 3.05) is 0 Å². The first kappa shape index (κ1) is 16.8. The molecule has 0 saturated carbocycles. The van der Waals surface area contributed by atoms with E-state index in [0.29, 0.717) is 11.7 Å². The number of carbonyl (C=O) groups excluding carboxylic acids is 1. The van der Waals surface area contributed by atoms with Gasteiger partial charge in [0, 0.05) is 0 Å². The molecular weight excluding hydrogens is 276 g/mol. The lowest BCUT2D eigenvalue weighted by molar-refractivity contribution is 0.0497. The second-order valence-electron chi connectivity index (χ2n) is 6.20. The molecule has 0 aromatic carbocycles. The molecule has 0 fully saturated rings. The summed E-state index contributed by atoms with van der Waals surface area (Å²) < 4.78 is 5.29. The summed E-state index contributed by atoms with van der Waals surface area (Å²) >= 11 is 4.54. The molecule has 0 saturated heterocycles. The smallest absolute Gasteiger partial charge is 0.407 e. The predicted octanol–water partition coefficient (Wildman–Crippen LogP) is 2.72. The summed E-state index contributed by atoms with van der Waals surface area (Å²) in [4.78, 5) is 16.0. The Labute approximate surface area is 125 Å². The van der Waals surface area contributed by atoms with Crippen molar-refractivity contribution in [2.45, 2.75) is 57.9 Å². The zero-order valence-corrected chi connectivity index (χ0v) is 13.6. The van der Waals surface area contributed by atoms with E-state index < -0.39 is 11.7 Å². The second kappa shape index (κ2) is 6.97. The number of aromatic nitrogens is 3. The average Bonchev–Trinajstić information content (AvgIpc) is 2.76. The molecule has 1 aromatic heterocycles.